The zero-order valence-corrected chi connectivity index (χ0v) is 12.6. The van der Waals surface area contributed by atoms with E-state index in [1.54, 1.807) is 0 Å². The standard InChI is InChI=1S/C15H11F2N7O/c16-11-2-1-3-12(17)10(11)7-24-14-9(5-20-24)13(21-15(18)22-14)23-6-8(25)4-19-23/h1-6,25H,7H2,(H2,18,21,22). The first kappa shape index (κ1) is 15.0. The van der Waals surface area contributed by atoms with Crippen LogP contribution in [0.15, 0.2) is 36.8 Å². The lowest BCUT2D eigenvalue weighted by molar-refractivity contribution is 0.475. The number of nitrogens with zero attached hydrogens (tertiary/aromatic N) is 6. The Kier molecular flexibility index (Phi) is 3.31. The second-order valence-corrected chi connectivity index (χ2v) is 5.29. The minimum absolute atomic E-state index is 0.0499. The number of aromatic hydroxyl groups is 1. The molecule has 0 atom stereocenters. The van der Waals surface area contributed by atoms with Crippen LogP contribution in [-0.2, 0) is 6.54 Å². The van der Waals surface area contributed by atoms with E-state index in [1.165, 1.54) is 46.2 Å². The van der Waals surface area contributed by atoms with Crippen LogP contribution < -0.4 is 5.73 Å². The molecule has 8 nitrogen and oxygen atoms in total. The summed E-state index contributed by atoms with van der Waals surface area (Å²) in [5, 5.41) is 18.0. The van der Waals surface area contributed by atoms with Crippen LogP contribution in [0.4, 0.5) is 14.7 Å². The quantitative estimate of drug-likeness (QED) is 0.585. The fourth-order valence-electron chi connectivity index (χ4n) is 2.51. The Labute approximate surface area is 139 Å². The summed E-state index contributed by atoms with van der Waals surface area (Å²) in [5.74, 6) is -1.17. The van der Waals surface area contributed by atoms with Gasteiger partial charge in [-0.05, 0) is 12.1 Å². The minimum atomic E-state index is -0.678. The highest BCUT2D eigenvalue weighted by molar-refractivity contribution is 5.83. The Morgan fingerprint density at radius 3 is 2.52 bits per heavy atom. The maximum Gasteiger partial charge on any atom is 0.224 e. The fourth-order valence-corrected chi connectivity index (χ4v) is 2.51. The molecule has 0 aliphatic carbocycles. The average Bonchev–Trinajstić information content (AvgIpc) is 3.17. The molecule has 1 aromatic carbocycles. The van der Waals surface area contributed by atoms with Crippen LogP contribution in [0.1, 0.15) is 5.56 Å². The third-order valence-electron chi connectivity index (χ3n) is 3.65. The number of fused-ring (bicyclic) bond motifs is 1. The summed E-state index contributed by atoms with van der Waals surface area (Å²) in [4.78, 5) is 8.20. The molecular weight excluding hydrogens is 332 g/mol. The summed E-state index contributed by atoms with van der Waals surface area (Å²) in [6.07, 6.45) is 4.03. The monoisotopic (exact) mass is 343 g/mol. The normalized spacial score (nSPS) is 11.3. The predicted octanol–water partition coefficient (Wildman–Crippen LogP) is 1.63. The highest BCUT2D eigenvalue weighted by Gasteiger charge is 2.17. The van der Waals surface area contributed by atoms with E-state index in [1.807, 2.05) is 0 Å². The molecule has 0 radical (unpaired) electrons. The van der Waals surface area contributed by atoms with E-state index >= 15 is 0 Å². The molecule has 0 fully saturated rings. The Balaban J connectivity index is 1.86. The SMILES string of the molecule is Nc1nc(-n2cc(O)cn2)c2cnn(Cc3c(F)cccc3F)c2n1. The molecule has 0 aliphatic rings. The zero-order valence-electron chi connectivity index (χ0n) is 12.6. The lowest BCUT2D eigenvalue weighted by atomic mass is 10.2. The third-order valence-corrected chi connectivity index (χ3v) is 3.65. The van der Waals surface area contributed by atoms with Crippen molar-refractivity contribution in [3.63, 3.8) is 0 Å². The summed E-state index contributed by atoms with van der Waals surface area (Å²) >= 11 is 0. The fraction of sp³-hybridized carbons (Fsp3) is 0.0667. The molecule has 126 valence electrons. The molecule has 3 heterocycles. The Morgan fingerprint density at radius 2 is 1.84 bits per heavy atom. The number of nitrogens with two attached hydrogens (primary N) is 1. The number of anilines is 1. The number of aromatic nitrogens is 6. The number of rotatable bonds is 3. The molecule has 10 heteroatoms. The largest absolute Gasteiger partial charge is 0.505 e. The van der Waals surface area contributed by atoms with Crippen molar-refractivity contribution in [2.45, 2.75) is 6.54 Å². The summed E-state index contributed by atoms with van der Waals surface area (Å²) in [5.41, 5.74) is 5.89. The van der Waals surface area contributed by atoms with Crippen LogP contribution in [-0.4, -0.2) is 34.6 Å². The van der Waals surface area contributed by atoms with Crippen molar-refractivity contribution in [1.82, 2.24) is 29.5 Å². The zero-order chi connectivity index (χ0) is 17.6. The van der Waals surface area contributed by atoms with E-state index in [-0.39, 0.29) is 23.8 Å². The number of benzene rings is 1. The summed E-state index contributed by atoms with van der Waals surface area (Å²) in [6.45, 7) is -0.164. The Bertz CT molecular complexity index is 1070. The van der Waals surface area contributed by atoms with Crippen LogP contribution in [0, 0.1) is 11.6 Å². The first-order valence-corrected chi connectivity index (χ1v) is 7.19. The van der Waals surface area contributed by atoms with Gasteiger partial charge in [0.2, 0.25) is 5.95 Å². The second-order valence-electron chi connectivity index (χ2n) is 5.29. The van der Waals surface area contributed by atoms with E-state index in [0.717, 1.165) is 0 Å². The van der Waals surface area contributed by atoms with Crippen molar-refractivity contribution in [2.24, 2.45) is 0 Å². The van der Waals surface area contributed by atoms with E-state index in [9.17, 15) is 13.9 Å². The smallest absolute Gasteiger partial charge is 0.224 e. The molecule has 3 N–H and O–H groups in total. The minimum Gasteiger partial charge on any atom is -0.505 e. The number of halogens is 2. The molecule has 0 unspecified atom stereocenters. The molecule has 0 amide bonds. The average molecular weight is 343 g/mol. The molecule has 0 spiro atoms. The van der Waals surface area contributed by atoms with Crippen molar-refractivity contribution in [3.8, 4) is 11.6 Å². The second kappa shape index (κ2) is 5.51. The highest BCUT2D eigenvalue weighted by atomic mass is 19.1. The van der Waals surface area contributed by atoms with Crippen molar-refractivity contribution in [1.29, 1.82) is 0 Å². The molecule has 0 saturated heterocycles. The number of nitrogen functional groups attached to an aromatic ring is 1. The van der Waals surface area contributed by atoms with Crippen molar-refractivity contribution in [3.05, 3.63) is 54.0 Å². The van der Waals surface area contributed by atoms with E-state index in [0.29, 0.717) is 16.9 Å². The van der Waals surface area contributed by atoms with E-state index in [4.69, 9.17) is 5.73 Å². The Morgan fingerprint density at radius 1 is 1.08 bits per heavy atom. The summed E-state index contributed by atoms with van der Waals surface area (Å²) < 4.78 is 30.4. The van der Waals surface area contributed by atoms with Crippen LogP contribution in [0.2, 0.25) is 0 Å². The molecule has 25 heavy (non-hydrogen) atoms. The van der Waals surface area contributed by atoms with Crippen LogP contribution in [0.5, 0.6) is 5.75 Å². The third kappa shape index (κ3) is 2.53. The van der Waals surface area contributed by atoms with Gasteiger partial charge in [0.1, 0.15) is 11.6 Å². The van der Waals surface area contributed by atoms with Gasteiger partial charge in [0.25, 0.3) is 0 Å². The molecule has 4 rings (SSSR count). The van der Waals surface area contributed by atoms with Crippen LogP contribution in [0.3, 0.4) is 0 Å². The lowest BCUT2D eigenvalue weighted by Crippen LogP contribution is -2.09. The first-order chi connectivity index (χ1) is 12.0. The molecule has 4 aromatic rings. The van der Waals surface area contributed by atoms with Gasteiger partial charge in [-0.25, -0.2) is 18.1 Å². The van der Waals surface area contributed by atoms with Gasteiger partial charge in [-0.15, -0.1) is 0 Å². The molecular formula is C15H11F2N7O. The van der Waals surface area contributed by atoms with E-state index < -0.39 is 11.6 Å². The van der Waals surface area contributed by atoms with Gasteiger partial charge in [0.05, 0.1) is 30.5 Å². The number of hydrogen-bond acceptors (Lipinski definition) is 6. The van der Waals surface area contributed by atoms with E-state index in [2.05, 4.69) is 20.2 Å². The van der Waals surface area contributed by atoms with Gasteiger partial charge in [0, 0.05) is 5.56 Å². The molecule has 0 bridgehead atoms. The summed E-state index contributed by atoms with van der Waals surface area (Å²) in [6, 6.07) is 3.63. The lowest BCUT2D eigenvalue weighted by Gasteiger charge is -2.07. The van der Waals surface area contributed by atoms with Gasteiger partial charge >= 0.3 is 0 Å². The molecule has 3 aromatic heterocycles. The molecule has 0 aliphatic heterocycles. The van der Waals surface area contributed by atoms with Gasteiger partial charge in [-0.2, -0.15) is 20.2 Å². The van der Waals surface area contributed by atoms with Crippen molar-refractivity contribution in [2.75, 3.05) is 5.73 Å². The highest BCUT2D eigenvalue weighted by Crippen LogP contribution is 2.23. The predicted molar refractivity (Wildman–Crippen MR) is 84.0 cm³/mol. The van der Waals surface area contributed by atoms with Gasteiger partial charge in [-0.3, -0.25) is 0 Å². The maximum absolute atomic E-state index is 13.9. The van der Waals surface area contributed by atoms with Crippen molar-refractivity contribution < 1.29 is 13.9 Å². The van der Waals surface area contributed by atoms with Crippen LogP contribution >= 0.6 is 0 Å². The number of hydrogen-bond donors (Lipinski definition) is 2. The summed E-state index contributed by atoms with van der Waals surface area (Å²) in [7, 11) is 0. The van der Waals surface area contributed by atoms with Crippen LogP contribution in [0.25, 0.3) is 16.9 Å². The van der Waals surface area contributed by atoms with Gasteiger partial charge in [-0.1, -0.05) is 6.07 Å². The van der Waals surface area contributed by atoms with Gasteiger partial charge in [0.15, 0.2) is 17.2 Å². The topological polar surface area (TPSA) is 108 Å². The maximum atomic E-state index is 13.9. The van der Waals surface area contributed by atoms with Crippen molar-refractivity contribution >= 4 is 17.0 Å². The molecule has 0 saturated carbocycles. The first-order valence-electron chi connectivity index (χ1n) is 7.19. The van der Waals surface area contributed by atoms with Gasteiger partial charge < -0.3 is 10.8 Å². The Hall–Kier alpha value is -3.56.